The Kier molecular flexibility index (Phi) is 8.64. The van der Waals surface area contributed by atoms with Crippen molar-refractivity contribution in [2.75, 3.05) is 46.8 Å². The molecule has 1 unspecified atom stereocenters. The molecule has 0 spiro atoms. The van der Waals surface area contributed by atoms with Crippen molar-refractivity contribution in [3.63, 3.8) is 0 Å². The van der Waals surface area contributed by atoms with Crippen LogP contribution in [0.15, 0.2) is 0 Å². The number of piperidine rings is 1. The zero-order chi connectivity index (χ0) is 13.2. The SMILES string of the molecule is CCN(CCCC1CCCCN1)CCCN(C)C. The van der Waals surface area contributed by atoms with Gasteiger partial charge in [0.05, 0.1) is 0 Å². The molecule has 0 amide bonds. The van der Waals surface area contributed by atoms with E-state index >= 15 is 0 Å². The van der Waals surface area contributed by atoms with Crippen LogP contribution >= 0.6 is 0 Å². The predicted octanol–water partition coefficient (Wildman–Crippen LogP) is 2.18. The van der Waals surface area contributed by atoms with Gasteiger partial charge in [0.1, 0.15) is 0 Å². The van der Waals surface area contributed by atoms with Crippen LogP contribution in [0.25, 0.3) is 0 Å². The summed E-state index contributed by atoms with van der Waals surface area (Å²) in [7, 11) is 4.32. The van der Waals surface area contributed by atoms with Gasteiger partial charge in [-0.25, -0.2) is 0 Å². The maximum absolute atomic E-state index is 3.64. The van der Waals surface area contributed by atoms with Gasteiger partial charge in [-0.15, -0.1) is 0 Å². The highest BCUT2D eigenvalue weighted by molar-refractivity contribution is 4.72. The minimum absolute atomic E-state index is 0.805. The lowest BCUT2D eigenvalue weighted by Crippen LogP contribution is -2.35. The third-order valence-electron chi connectivity index (χ3n) is 3.97. The minimum atomic E-state index is 0.805. The van der Waals surface area contributed by atoms with E-state index in [1.54, 1.807) is 0 Å². The first kappa shape index (κ1) is 15.9. The van der Waals surface area contributed by atoms with E-state index in [9.17, 15) is 0 Å². The van der Waals surface area contributed by atoms with Crippen LogP contribution in [0.3, 0.4) is 0 Å². The normalized spacial score (nSPS) is 20.8. The number of nitrogens with zero attached hydrogens (tertiary/aromatic N) is 2. The van der Waals surface area contributed by atoms with Crippen LogP contribution in [0, 0.1) is 0 Å². The van der Waals surface area contributed by atoms with Crippen molar-refractivity contribution in [2.24, 2.45) is 0 Å². The summed E-state index contributed by atoms with van der Waals surface area (Å²) >= 11 is 0. The van der Waals surface area contributed by atoms with Gasteiger partial charge >= 0.3 is 0 Å². The summed E-state index contributed by atoms with van der Waals surface area (Å²) in [6, 6.07) is 0.805. The summed E-state index contributed by atoms with van der Waals surface area (Å²) in [5, 5.41) is 3.64. The van der Waals surface area contributed by atoms with Crippen LogP contribution in [0.4, 0.5) is 0 Å². The Hall–Kier alpha value is -0.120. The van der Waals surface area contributed by atoms with Gasteiger partial charge in [-0.2, -0.15) is 0 Å². The minimum Gasteiger partial charge on any atom is -0.314 e. The zero-order valence-corrected chi connectivity index (χ0v) is 12.7. The van der Waals surface area contributed by atoms with Crippen LogP contribution in [0.5, 0.6) is 0 Å². The average molecular weight is 255 g/mol. The van der Waals surface area contributed by atoms with E-state index in [1.165, 1.54) is 71.2 Å². The Balaban J connectivity index is 2.03. The zero-order valence-electron chi connectivity index (χ0n) is 12.7. The third kappa shape index (κ3) is 7.34. The molecule has 1 fully saturated rings. The summed E-state index contributed by atoms with van der Waals surface area (Å²) < 4.78 is 0. The molecule has 0 radical (unpaired) electrons. The van der Waals surface area contributed by atoms with E-state index in [2.05, 4.69) is 36.1 Å². The van der Waals surface area contributed by atoms with Crippen LogP contribution in [-0.2, 0) is 0 Å². The Morgan fingerprint density at radius 1 is 1.06 bits per heavy atom. The second kappa shape index (κ2) is 9.76. The molecule has 0 aromatic rings. The monoisotopic (exact) mass is 255 g/mol. The number of nitrogens with one attached hydrogen (secondary N) is 1. The molecule has 1 atom stereocenters. The molecule has 1 saturated heterocycles. The molecule has 108 valence electrons. The summed E-state index contributed by atoms with van der Waals surface area (Å²) in [6.07, 6.45) is 8.22. The van der Waals surface area contributed by atoms with E-state index in [-0.39, 0.29) is 0 Å². The quantitative estimate of drug-likeness (QED) is 0.681. The molecule has 3 nitrogen and oxygen atoms in total. The van der Waals surface area contributed by atoms with Gasteiger partial charge in [0.15, 0.2) is 0 Å². The molecule has 1 aliphatic heterocycles. The van der Waals surface area contributed by atoms with Crippen LogP contribution in [-0.4, -0.2) is 62.7 Å². The first-order chi connectivity index (χ1) is 8.72. The Labute approximate surface area is 114 Å². The molecule has 1 heterocycles. The molecular formula is C15H33N3. The Morgan fingerprint density at radius 2 is 1.83 bits per heavy atom. The standard InChI is InChI=1S/C15H33N3/c1-4-18(14-8-12-17(2)3)13-7-10-15-9-5-6-11-16-15/h15-16H,4-14H2,1-3H3. The largest absolute Gasteiger partial charge is 0.314 e. The smallest absolute Gasteiger partial charge is 0.00675 e. The van der Waals surface area contributed by atoms with Crippen LogP contribution < -0.4 is 5.32 Å². The van der Waals surface area contributed by atoms with Crippen molar-refractivity contribution in [1.82, 2.24) is 15.1 Å². The van der Waals surface area contributed by atoms with Crippen LogP contribution in [0.2, 0.25) is 0 Å². The van der Waals surface area contributed by atoms with Gasteiger partial charge in [-0.05, 0) is 78.9 Å². The molecule has 3 heteroatoms. The predicted molar refractivity (Wildman–Crippen MR) is 80.2 cm³/mol. The van der Waals surface area contributed by atoms with Gasteiger partial charge in [0.2, 0.25) is 0 Å². The van der Waals surface area contributed by atoms with E-state index in [0.717, 1.165) is 6.04 Å². The molecule has 1 N–H and O–H groups in total. The maximum Gasteiger partial charge on any atom is 0.00675 e. The second-order valence-electron chi connectivity index (χ2n) is 5.88. The molecule has 0 bridgehead atoms. The third-order valence-corrected chi connectivity index (χ3v) is 3.97. The Morgan fingerprint density at radius 3 is 2.44 bits per heavy atom. The van der Waals surface area contributed by atoms with Crippen LogP contribution in [0.1, 0.15) is 45.4 Å². The summed E-state index contributed by atoms with van der Waals surface area (Å²) in [5.74, 6) is 0. The maximum atomic E-state index is 3.64. The summed E-state index contributed by atoms with van der Waals surface area (Å²) in [5.41, 5.74) is 0. The second-order valence-corrected chi connectivity index (χ2v) is 5.88. The van der Waals surface area contributed by atoms with Gasteiger partial charge < -0.3 is 15.1 Å². The molecular weight excluding hydrogens is 222 g/mol. The molecule has 1 rings (SSSR count). The lowest BCUT2D eigenvalue weighted by molar-refractivity contribution is 0.253. The highest BCUT2D eigenvalue weighted by atomic mass is 15.1. The summed E-state index contributed by atoms with van der Waals surface area (Å²) in [4.78, 5) is 4.88. The summed E-state index contributed by atoms with van der Waals surface area (Å²) in [6.45, 7) is 8.47. The van der Waals surface area contributed by atoms with Gasteiger partial charge in [-0.1, -0.05) is 13.3 Å². The average Bonchev–Trinajstić information content (AvgIpc) is 2.38. The molecule has 0 aliphatic carbocycles. The van der Waals surface area contributed by atoms with E-state index in [1.807, 2.05) is 0 Å². The van der Waals surface area contributed by atoms with E-state index in [0.29, 0.717) is 0 Å². The Bertz CT molecular complexity index is 188. The van der Waals surface area contributed by atoms with E-state index in [4.69, 9.17) is 0 Å². The van der Waals surface area contributed by atoms with Crippen molar-refractivity contribution in [3.05, 3.63) is 0 Å². The molecule has 0 saturated carbocycles. The van der Waals surface area contributed by atoms with Crippen molar-refractivity contribution < 1.29 is 0 Å². The number of hydrogen-bond acceptors (Lipinski definition) is 3. The van der Waals surface area contributed by atoms with Crippen molar-refractivity contribution in [1.29, 1.82) is 0 Å². The fourth-order valence-electron chi connectivity index (χ4n) is 2.77. The van der Waals surface area contributed by atoms with Crippen molar-refractivity contribution in [3.8, 4) is 0 Å². The number of rotatable bonds is 9. The molecule has 1 aliphatic rings. The van der Waals surface area contributed by atoms with E-state index < -0.39 is 0 Å². The fraction of sp³-hybridized carbons (Fsp3) is 1.00. The highest BCUT2D eigenvalue weighted by Crippen LogP contribution is 2.12. The lowest BCUT2D eigenvalue weighted by atomic mass is 10.0. The molecule has 18 heavy (non-hydrogen) atoms. The molecule has 0 aromatic heterocycles. The fourth-order valence-corrected chi connectivity index (χ4v) is 2.77. The highest BCUT2D eigenvalue weighted by Gasteiger charge is 2.12. The van der Waals surface area contributed by atoms with Crippen molar-refractivity contribution in [2.45, 2.75) is 51.5 Å². The topological polar surface area (TPSA) is 18.5 Å². The first-order valence-electron chi connectivity index (χ1n) is 7.83. The van der Waals surface area contributed by atoms with Gasteiger partial charge in [0, 0.05) is 6.04 Å². The van der Waals surface area contributed by atoms with Gasteiger partial charge in [0.25, 0.3) is 0 Å². The lowest BCUT2D eigenvalue weighted by Gasteiger charge is -2.25. The first-order valence-corrected chi connectivity index (χ1v) is 7.83. The van der Waals surface area contributed by atoms with Crippen molar-refractivity contribution >= 4 is 0 Å². The van der Waals surface area contributed by atoms with Gasteiger partial charge in [-0.3, -0.25) is 0 Å². The molecule has 0 aromatic carbocycles. The number of hydrogen-bond donors (Lipinski definition) is 1.